The van der Waals surface area contributed by atoms with Gasteiger partial charge in [-0.25, -0.2) is 10.2 Å². The van der Waals surface area contributed by atoms with Crippen LogP contribution in [-0.2, 0) is 0 Å². The average molecular weight is 424 g/mol. The molecule has 2 heterocycles. The lowest BCUT2D eigenvalue weighted by molar-refractivity contribution is 0.0696. The molecule has 0 bridgehead atoms. The minimum absolute atomic E-state index is 0.152. The SMILES string of the molecule is O=C(O)c1cccc(-c2ccc(/C=N\NC(=O)c3cc4c(ccc5ccccc54)o3)o2)c1. The maximum Gasteiger partial charge on any atom is 0.335 e. The van der Waals surface area contributed by atoms with E-state index in [4.69, 9.17) is 13.9 Å². The molecule has 1 amide bonds. The second kappa shape index (κ2) is 7.88. The van der Waals surface area contributed by atoms with Crippen molar-refractivity contribution >= 4 is 39.8 Å². The number of benzene rings is 3. The zero-order valence-corrected chi connectivity index (χ0v) is 16.6. The third-order valence-electron chi connectivity index (χ3n) is 5.03. The molecule has 5 rings (SSSR count). The fraction of sp³-hybridized carbons (Fsp3) is 0. The summed E-state index contributed by atoms with van der Waals surface area (Å²) in [4.78, 5) is 23.6. The summed E-state index contributed by atoms with van der Waals surface area (Å²) in [7, 11) is 0. The zero-order chi connectivity index (χ0) is 22.1. The van der Waals surface area contributed by atoms with Gasteiger partial charge in [-0.2, -0.15) is 5.10 Å². The third-order valence-corrected chi connectivity index (χ3v) is 5.03. The molecule has 0 fully saturated rings. The molecule has 0 saturated carbocycles. The van der Waals surface area contributed by atoms with Crippen LogP contribution in [0.25, 0.3) is 33.1 Å². The molecule has 2 aromatic heterocycles. The Labute approximate surface area is 181 Å². The van der Waals surface area contributed by atoms with E-state index in [0.29, 0.717) is 22.7 Å². The summed E-state index contributed by atoms with van der Waals surface area (Å²) in [6, 6.07) is 23.2. The molecular weight excluding hydrogens is 408 g/mol. The van der Waals surface area contributed by atoms with Gasteiger partial charge in [-0.15, -0.1) is 0 Å². The van der Waals surface area contributed by atoms with Gasteiger partial charge >= 0.3 is 11.9 Å². The maximum absolute atomic E-state index is 12.5. The summed E-state index contributed by atoms with van der Waals surface area (Å²) in [5.41, 5.74) is 3.85. The van der Waals surface area contributed by atoms with Crippen LogP contribution in [0, 0.1) is 0 Å². The number of carbonyl (C=O) groups is 2. The lowest BCUT2D eigenvalue weighted by atomic mass is 10.1. The topological polar surface area (TPSA) is 105 Å². The maximum atomic E-state index is 12.5. The molecule has 0 unspecified atom stereocenters. The van der Waals surface area contributed by atoms with Gasteiger partial charge in [0.1, 0.15) is 17.1 Å². The Hall–Kier alpha value is -4.65. The Morgan fingerprint density at radius 3 is 2.62 bits per heavy atom. The van der Waals surface area contributed by atoms with E-state index < -0.39 is 11.9 Å². The number of hydrogen-bond donors (Lipinski definition) is 2. The lowest BCUT2D eigenvalue weighted by Crippen LogP contribution is -2.16. The number of nitrogens with one attached hydrogen (secondary N) is 1. The van der Waals surface area contributed by atoms with Crippen LogP contribution in [0.15, 0.2) is 92.8 Å². The number of aromatic carboxylic acids is 1. The van der Waals surface area contributed by atoms with E-state index in [1.807, 2.05) is 36.4 Å². The molecule has 2 N–H and O–H groups in total. The molecule has 0 aliphatic heterocycles. The van der Waals surface area contributed by atoms with Crippen molar-refractivity contribution in [2.75, 3.05) is 0 Å². The van der Waals surface area contributed by atoms with Crippen molar-refractivity contribution in [1.82, 2.24) is 5.43 Å². The van der Waals surface area contributed by atoms with Crippen molar-refractivity contribution in [1.29, 1.82) is 0 Å². The summed E-state index contributed by atoms with van der Waals surface area (Å²) in [5, 5.41) is 16.0. The molecule has 7 heteroatoms. The highest BCUT2D eigenvalue weighted by Crippen LogP contribution is 2.28. The van der Waals surface area contributed by atoms with Gasteiger partial charge in [0.25, 0.3) is 0 Å². The number of hydrogen-bond acceptors (Lipinski definition) is 5. The molecule has 0 radical (unpaired) electrons. The Morgan fingerprint density at radius 1 is 0.875 bits per heavy atom. The van der Waals surface area contributed by atoms with Gasteiger partial charge in [-0.1, -0.05) is 42.5 Å². The molecule has 7 nitrogen and oxygen atoms in total. The van der Waals surface area contributed by atoms with Gasteiger partial charge in [-0.3, -0.25) is 4.79 Å². The van der Waals surface area contributed by atoms with Gasteiger partial charge in [0, 0.05) is 10.9 Å². The van der Waals surface area contributed by atoms with Crippen molar-refractivity contribution in [2.24, 2.45) is 5.10 Å². The summed E-state index contributed by atoms with van der Waals surface area (Å²) >= 11 is 0. The zero-order valence-electron chi connectivity index (χ0n) is 16.6. The second-order valence-electron chi connectivity index (χ2n) is 7.10. The van der Waals surface area contributed by atoms with Crippen LogP contribution in [0.3, 0.4) is 0 Å². The highest BCUT2D eigenvalue weighted by Gasteiger charge is 2.13. The third kappa shape index (κ3) is 3.63. The number of nitrogens with zero attached hydrogens (tertiary/aromatic N) is 1. The summed E-state index contributed by atoms with van der Waals surface area (Å²) in [5.74, 6) is -0.454. The molecule has 156 valence electrons. The monoisotopic (exact) mass is 424 g/mol. The van der Waals surface area contributed by atoms with E-state index in [-0.39, 0.29) is 11.3 Å². The van der Waals surface area contributed by atoms with Crippen LogP contribution in [0.4, 0.5) is 0 Å². The standard InChI is InChI=1S/C25H16N2O5/c28-24(23-13-20-19-7-2-1-4-15(19)8-10-22(20)32-23)27-26-14-18-9-11-21(31-18)16-5-3-6-17(12-16)25(29)30/h1-14H,(H,27,28)(H,29,30)/b26-14-. The first-order valence-electron chi connectivity index (χ1n) is 9.77. The molecule has 5 aromatic rings. The average Bonchev–Trinajstić information content (AvgIpc) is 3.46. The number of furan rings is 2. The van der Waals surface area contributed by atoms with Crippen LogP contribution >= 0.6 is 0 Å². The number of amides is 1. The lowest BCUT2D eigenvalue weighted by Gasteiger charge is -1.99. The molecule has 32 heavy (non-hydrogen) atoms. The molecule has 0 aliphatic carbocycles. The van der Waals surface area contributed by atoms with E-state index in [9.17, 15) is 9.59 Å². The number of rotatable bonds is 5. The van der Waals surface area contributed by atoms with E-state index in [1.165, 1.54) is 18.3 Å². The van der Waals surface area contributed by atoms with Gasteiger partial charge in [-0.05, 0) is 47.2 Å². The Kier molecular flexibility index (Phi) is 4.76. The molecule has 0 spiro atoms. The van der Waals surface area contributed by atoms with Crippen LogP contribution in [-0.4, -0.2) is 23.2 Å². The van der Waals surface area contributed by atoms with Crippen LogP contribution in [0.5, 0.6) is 0 Å². The number of hydrazone groups is 1. The number of carbonyl (C=O) groups excluding carboxylic acids is 1. The van der Waals surface area contributed by atoms with Crippen molar-refractivity contribution in [3.05, 3.63) is 95.9 Å². The van der Waals surface area contributed by atoms with Crippen molar-refractivity contribution in [3.8, 4) is 11.3 Å². The largest absolute Gasteiger partial charge is 0.478 e. The summed E-state index contributed by atoms with van der Waals surface area (Å²) in [6.45, 7) is 0. The van der Waals surface area contributed by atoms with Gasteiger partial charge in [0.05, 0.1) is 11.8 Å². The van der Waals surface area contributed by atoms with Crippen molar-refractivity contribution < 1.29 is 23.5 Å². The van der Waals surface area contributed by atoms with Crippen molar-refractivity contribution in [2.45, 2.75) is 0 Å². The first kappa shape index (κ1) is 19.3. The molecule has 0 atom stereocenters. The minimum Gasteiger partial charge on any atom is -0.478 e. The van der Waals surface area contributed by atoms with Gasteiger partial charge in [0.15, 0.2) is 5.76 Å². The van der Waals surface area contributed by atoms with Crippen LogP contribution in [0.1, 0.15) is 26.7 Å². The summed E-state index contributed by atoms with van der Waals surface area (Å²) in [6.07, 6.45) is 1.36. The smallest absolute Gasteiger partial charge is 0.335 e. The van der Waals surface area contributed by atoms with E-state index in [0.717, 1.165) is 16.2 Å². The van der Waals surface area contributed by atoms with Crippen LogP contribution < -0.4 is 5.43 Å². The number of carboxylic acid groups (broad SMARTS) is 1. The van der Waals surface area contributed by atoms with Gasteiger partial charge < -0.3 is 13.9 Å². The predicted molar refractivity (Wildman–Crippen MR) is 120 cm³/mol. The first-order chi connectivity index (χ1) is 15.6. The Morgan fingerprint density at radius 2 is 1.75 bits per heavy atom. The van der Waals surface area contributed by atoms with Crippen molar-refractivity contribution in [3.63, 3.8) is 0 Å². The minimum atomic E-state index is -1.01. The highest BCUT2D eigenvalue weighted by molar-refractivity contribution is 6.08. The predicted octanol–water partition coefficient (Wildman–Crippen LogP) is 5.31. The Bertz CT molecular complexity index is 1510. The highest BCUT2D eigenvalue weighted by atomic mass is 16.4. The first-order valence-corrected chi connectivity index (χ1v) is 9.77. The second-order valence-corrected chi connectivity index (χ2v) is 7.10. The fourth-order valence-corrected chi connectivity index (χ4v) is 3.50. The molecule has 0 saturated heterocycles. The number of fused-ring (bicyclic) bond motifs is 3. The fourth-order valence-electron chi connectivity index (χ4n) is 3.50. The van der Waals surface area contributed by atoms with Crippen LogP contribution in [0.2, 0.25) is 0 Å². The summed E-state index contributed by atoms with van der Waals surface area (Å²) < 4.78 is 11.3. The van der Waals surface area contributed by atoms with E-state index in [2.05, 4.69) is 10.5 Å². The quantitative estimate of drug-likeness (QED) is 0.294. The molecule has 3 aromatic carbocycles. The van der Waals surface area contributed by atoms with E-state index in [1.54, 1.807) is 30.3 Å². The van der Waals surface area contributed by atoms with Gasteiger partial charge in [0.2, 0.25) is 0 Å². The van der Waals surface area contributed by atoms with E-state index >= 15 is 0 Å². The molecular formula is C25H16N2O5. The normalized spacial score (nSPS) is 11.4. The molecule has 0 aliphatic rings. The number of carboxylic acids is 1. The Balaban J connectivity index is 1.31.